The van der Waals surface area contributed by atoms with E-state index < -0.39 is 5.97 Å². The van der Waals surface area contributed by atoms with Crippen LogP contribution in [0.25, 0.3) is 5.57 Å². The minimum atomic E-state index is -0.883. The van der Waals surface area contributed by atoms with Gasteiger partial charge in [0.05, 0.1) is 23.4 Å². The minimum absolute atomic E-state index is 0.385. The first-order valence-corrected chi connectivity index (χ1v) is 10.3. The highest BCUT2D eigenvalue weighted by Gasteiger charge is 2.28. The minimum Gasteiger partial charge on any atom is -0.497 e. The topological polar surface area (TPSA) is 58.9 Å². The van der Waals surface area contributed by atoms with Crippen LogP contribution in [0, 0.1) is 5.92 Å². The molecule has 5 heteroatoms. The van der Waals surface area contributed by atoms with Gasteiger partial charge in [0.25, 0.3) is 0 Å². The number of hydrogen-bond donors (Lipinski definition) is 1. The van der Waals surface area contributed by atoms with Gasteiger partial charge in [-0.1, -0.05) is 29.8 Å². The summed E-state index contributed by atoms with van der Waals surface area (Å²) in [4.78, 5) is 16.6. The molecule has 2 aromatic carbocycles. The lowest BCUT2D eigenvalue weighted by molar-refractivity contribution is -0.130. The zero-order valence-corrected chi connectivity index (χ0v) is 17.3. The largest absolute Gasteiger partial charge is 0.497 e. The van der Waals surface area contributed by atoms with Crippen LogP contribution in [0.3, 0.4) is 0 Å². The van der Waals surface area contributed by atoms with Gasteiger partial charge in [-0.05, 0) is 62.1 Å². The van der Waals surface area contributed by atoms with Crippen LogP contribution >= 0.6 is 11.8 Å². The Labute approximate surface area is 170 Å². The lowest BCUT2D eigenvalue weighted by Gasteiger charge is -2.12. The standard InChI is InChI=1S/C23H25NO3S/c1-15(2)21(23(25)26)20-7-5-4-6-17(20)14-28-22(16-8-9-16)24-18-10-12-19(27-3)13-11-18/h4-7,10-13,16H,8-9,14H2,1-3H3,(H,25,26). The van der Waals surface area contributed by atoms with Gasteiger partial charge >= 0.3 is 5.97 Å². The van der Waals surface area contributed by atoms with Crippen molar-refractivity contribution in [3.05, 3.63) is 65.2 Å². The molecule has 1 aliphatic carbocycles. The summed E-state index contributed by atoms with van der Waals surface area (Å²) in [5, 5.41) is 10.8. The Morgan fingerprint density at radius 3 is 2.39 bits per heavy atom. The highest BCUT2D eigenvalue weighted by atomic mass is 32.2. The summed E-state index contributed by atoms with van der Waals surface area (Å²) in [5.41, 5.74) is 3.92. The molecule has 0 aliphatic heterocycles. The number of carboxylic acid groups (broad SMARTS) is 1. The van der Waals surface area contributed by atoms with E-state index in [1.807, 2.05) is 62.4 Å². The molecule has 3 rings (SSSR count). The Bertz CT molecular complexity index is 908. The number of benzene rings is 2. The molecule has 0 bridgehead atoms. The van der Waals surface area contributed by atoms with Crippen molar-refractivity contribution in [2.75, 3.05) is 7.11 Å². The summed E-state index contributed by atoms with van der Waals surface area (Å²) in [5.74, 6) is 1.15. The Kier molecular flexibility index (Phi) is 6.57. The second-order valence-corrected chi connectivity index (χ2v) is 8.04. The van der Waals surface area contributed by atoms with Crippen molar-refractivity contribution in [3.8, 4) is 5.75 Å². The second kappa shape index (κ2) is 9.11. The zero-order chi connectivity index (χ0) is 20.1. The molecule has 0 saturated heterocycles. The average molecular weight is 396 g/mol. The van der Waals surface area contributed by atoms with Crippen LogP contribution in [-0.4, -0.2) is 23.2 Å². The van der Waals surface area contributed by atoms with Gasteiger partial charge in [-0.25, -0.2) is 9.79 Å². The number of methoxy groups -OCH3 is 1. The summed E-state index contributed by atoms with van der Waals surface area (Å²) in [6, 6.07) is 15.5. The first-order valence-electron chi connectivity index (χ1n) is 9.34. The Morgan fingerprint density at radius 2 is 1.82 bits per heavy atom. The molecule has 0 heterocycles. The van der Waals surface area contributed by atoms with Crippen LogP contribution in [0.1, 0.15) is 37.8 Å². The molecule has 0 atom stereocenters. The smallest absolute Gasteiger partial charge is 0.336 e. The fraction of sp³-hybridized carbons (Fsp3) is 0.304. The van der Waals surface area contributed by atoms with Gasteiger partial charge in [0.2, 0.25) is 0 Å². The van der Waals surface area contributed by atoms with Crippen molar-refractivity contribution < 1.29 is 14.6 Å². The summed E-state index contributed by atoms with van der Waals surface area (Å²) in [6.07, 6.45) is 2.33. The van der Waals surface area contributed by atoms with E-state index in [2.05, 4.69) is 0 Å². The molecule has 28 heavy (non-hydrogen) atoms. The van der Waals surface area contributed by atoms with Crippen LogP contribution in [-0.2, 0) is 10.5 Å². The number of aliphatic imine (C=N–C) groups is 1. The number of allylic oxidation sites excluding steroid dienone is 1. The van der Waals surface area contributed by atoms with Gasteiger partial charge in [-0.2, -0.15) is 0 Å². The molecule has 0 spiro atoms. The Morgan fingerprint density at radius 1 is 1.14 bits per heavy atom. The van der Waals surface area contributed by atoms with Crippen molar-refractivity contribution in [3.63, 3.8) is 0 Å². The molecule has 2 aromatic rings. The summed E-state index contributed by atoms with van der Waals surface area (Å²) in [7, 11) is 1.65. The van der Waals surface area contributed by atoms with Crippen molar-refractivity contribution in [2.24, 2.45) is 10.9 Å². The molecule has 1 aliphatic rings. The van der Waals surface area contributed by atoms with E-state index in [9.17, 15) is 9.90 Å². The number of rotatable bonds is 7. The summed E-state index contributed by atoms with van der Waals surface area (Å²) >= 11 is 1.71. The quantitative estimate of drug-likeness (QED) is 0.358. The Balaban J connectivity index is 1.82. The molecule has 0 aromatic heterocycles. The van der Waals surface area contributed by atoms with Crippen molar-refractivity contribution in [1.82, 2.24) is 0 Å². The van der Waals surface area contributed by atoms with E-state index in [0.29, 0.717) is 17.2 Å². The van der Waals surface area contributed by atoms with Crippen LogP contribution in [0.15, 0.2) is 59.1 Å². The van der Waals surface area contributed by atoms with Gasteiger partial charge < -0.3 is 9.84 Å². The fourth-order valence-electron chi connectivity index (χ4n) is 3.00. The van der Waals surface area contributed by atoms with Crippen LogP contribution in [0.2, 0.25) is 0 Å². The summed E-state index contributed by atoms with van der Waals surface area (Å²) < 4.78 is 5.21. The molecular weight excluding hydrogens is 370 g/mol. The number of hydrogen-bond acceptors (Lipinski definition) is 4. The van der Waals surface area contributed by atoms with E-state index in [1.165, 1.54) is 0 Å². The van der Waals surface area contributed by atoms with E-state index in [4.69, 9.17) is 9.73 Å². The van der Waals surface area contributed by atoms with E-state index in [0.717, 1.165) is 46.0 Å². The third-order valence-corrected chi connectivity index (χ3v) is 5.79. The molecule has 0 unspecified atom stereocenters. The predicted octanol–water partition coefficient (Wildman–Crippen LogP) is 5.95. The molecule has 1 fully saturated rings. The monoisotopic (exact) mass is 395 g/mol. The maximum Gasteiger partial charge on any atom is 0.336 e. The number of carboxylic acids is 1. The molecule has 1 saturated carbocycles. The highest BCUT2D eigenvalue weighted by molar-refractivity contribution is 8.13. The maximum atomic E-state index is 11.7. The fourth-order valence-corrected chi connectivity index (χ4v) is 4.19. The average Bonchev–Trinajstić information content (AvgIpc) is 3.51. The van der Waals surface area contributed by atoms with Crippen molar-refractivity contribution in [2.45, 2.75) is 32.4 Å². The van der Waals surface area contributed by atoms with Gasteiger partial charge in [0.1, 0.15) is 5.75 Å². The normalized spacial score (nSPS) is 13.9. The number of nitrogens with zero attached hydrogens (tertiary/aromatic N) is 1. The van der Waals surface area contributed by atoms with Crippen molar-refractivity contribution in [1.29, 1.82) is 0 Å². The lowest BCUT2D eigenvalue weighted by Crippen LogP contribution is -2.05. The van der Waals surface area contributed by atoms with Gasteiger partial charge in [-0.15, -0.1) is 11.8 Å². The number of aliphatic carboxylic acids is 1. The lowest BCUT2D eigenvalue weighted by atomic mass is 9.97. The third-order valence-electron chi connectivity index (χ3n) is 4.61. The first-order chi connectivity index (χ1) is 13.5. The number of thioether (sulfide) groups is 1. The Hall–Kier alpha value is -2.53. The van der Waals surface area contributed by atoms with Crippen LogP contribution in [0.5, 0.6) is 5.75 Å². The molecule has 1 N–H and O–H groups in total. The maximum absolute atomic E-state index is 11.7. The van der Waals surface area contributed by atoms with Gasteiger partial charge in [-0.3, -0.25) is 0 Å². The van der Waals surface area contributed by atoms with Crippen LogP contribution in [0.4, 0.5) is 5.69 Å². The highest BCUT2D eigenvalue weighted by Crippen LogP contribution is 2.38. The zero-order valence-electron chi connectivity index (χ0n) is 16.4. The van der Waals surface area contributed by atoms with E-state index in [1.54, 1.807) is 18.9 Å². The predicted molar refractivity (Wildman–Crippen MR) is 116 cm³/mol. The first kappa shape index (κ1) is 20.2. The SMILES string of the molecule is COc1ccc(N=C(SCc2ccccc2C(C(=O)O)=C(C)C)C2CC2)cc1. The molecule has 146 valence electrons. The van der Waals surface area contributed by atoms with E-state index >= 15 is 0 Å². The number of ether oxygens (including phenoxy) is 1. The summed E-state index contributed by atoms with van der Waals surface area (Å²) in [6.45, 7) is 3.68. The van der Waals surface area contributed by atoms with Gasteiger partial charge in [0.15, 0.2) is 0 Å². The molecule has 0 amide bonds. The van der Waals surface area contributed by atoms with Crippen LogP contribution < -0.4 is 4.74 Å². The second-order valence-electron chi connectivity index (χ2n) is 7.05. The number of carbonyl (C=O) groups is 1. The van der Waals surface area contributed by atoms with Crippen molar-refractivity contribution >= 4 is 34.0 Å². The molecule has 4 nitrogen and oxygen atoms in total. The third kappa shape index (κ3) is 5.04. The van der Waals surface area contributed by atoms with Gasteiger partial charge in [0, 0.05) is 11.7 Å². The molecule has 0 radical (unpaired) electrons. The molecular formula is C23H25NO3S. The van der Waals surface area contributed by atoms with E-state index in [-0.39, 0.29) is 0 Å².